The lowest BCUT2D eigenvalue weighted by Crippen LogP contribution is -2.23. The Hall–Kier alpha value is -2.10. The molecule has 1 aromatic carbocycles. The summed E-state index contributed by atoms with van der Waals surface area (Å²) in [5.74, 6) is 0.227. The number of nitrogens with zero attached hydrogens (tertiary/aromatic N) is 1. The number of hydrogen-bond acceptors (Lipinski definition) is 3. The Labute approximate surface area is 111 Å². The van der Waals surface area contributed by atoms with Crippen LogP contribution in [0.25, 0.3) is 0 Å². The van der Waals surface area contributed by atoms with Crippen LogP contribution in [0.3, 0.4) is 0 Å². The van der Waals surface area contributed by atoms with Gasteiger partial charge in [0.1, 0.15) is 0 Å². The third-order valence-corrected chi connectivity index (χ3v) is 3.46. The van der Waals surface area contributed by atoms with Crippen LogP contribution in [-0.4, -0.2) is 11.1 Å². The first kappa shape index (κ1) is 12.0. The minimum absolute atomic E-state index is 0.167. The van der Waals surface area contributed by atoms with Crippen LogP contribution in [0.15, 0.2) is 34.9 Å². The number of amides is 1. The standard InChI is InChI=1S/C15H16N2O2/c18-15(16-10-11-6-2-1-3-7-11)14-12-8-4-5-9-13(12)17-19-14/h1-3,6-7H,4-5,8-10H2,(H,16,18). The summed E-state index contributed by atoms with van der Waals surface area (Å²) in [7, 11) is 0. The van der Waals surface area contributed by atoms with E-state index >= 15 is 0 Å². The van der Waals surface area contributed by atoms with E-state index in [0.29, 0.717) is 12.3 Å². The molecule has 1 heterocycles. The zero-order valence-electron chi connectivity index (χ0n) is 10.7. The highest BCUT2D eigenvalue weighted by atomic mass is 16.5. The molecule has 1 aromatic heterocycles. The largest absolute Gasteiger partial charge is 0.350 e. The van der Waals surface area contributed by atoms with Crippen LogP contribution >= 0.6 is 0 Å². The Morgan fingerprint density at radius 3 is 2.84 bits per heavy atom. The van der Waals surface area contributed by atoms with Gasteiger partial charge in [-0.2, -0.15) is 0 Å². The van der Waals surface area contributed by atoms with Gasteiger partial charge in [-0.3, -0.25) is 4.79 Å². The molecular formula is C15H16N2O2. The predicted molar refractivity (Wildman–Crippen MR) is 70.8 cm³/mol. The number of rotatable bonds is 3. The van der Waals surface area contributed by atoms with Gasteiger partial charge >= 0.3 is 0 Å². The molecule has 0 radical (unpaired) electrons. The fraction of sp³-hybridized carbons (Fsp3) is 0.333. The number of aromatic nitrogens is 1. The molecule has 1 aliphatic carbocycles. The number of benzene rings is 1. The molecule has 4 heteroatoms. The van der Waals surface area contributed by atoms with Crippen molar-refractivity contribution in [3.8, 4) is 0 Å². The smallest absolute Gasteiger partial charge is 0.290 e. The van der Waals surface area contributed by atoms with Crippen molar-refractivity contribution in [3.05, 3.63) is 52.9 Å². The molecule has 0 unspecified atom stereocenters. The molecule has 0 saturated heterocycles. The van der Waals surface area contributed by atoms with Crippen LogP contribution in [0.2, 0.25) is 0 Å². The van der Waals surface area contributed by atoms with Crippen LogP contribution in [0.5, 0.6) is 0 Å². The van der Waals surface area contributed by atoms with Gasteiger partial charge in [0.2, 0.25) is 5.76 Å². The molecule has 19 heavy (non-hydrogen) atoms. The summed E-state index contributed by atoms with van der Waals surface area (Å²) in [6.07, 6.45) is 4.05. The average molecular weight is 256 g/mol. The van der Waals surface area contributed by atoms with E-state index in [1.165, 1.54) is 0 Å². The summed E-state index contributed by atoms with van der Waals surface area (Å²) in [6, 6.07) is 9.83. The van der Waals surface area contributed by atoms with Gasteiger partial charge in [-0.15, -0.1) is 0 Å². The summed E-state index contributed by atoms with van der Waals surface area (Å²) in [6.45, 7) is 0.509. The zero-order valence-corrected chi connectivity index (χ0v) is 10.7. The summed E-state index contributed by atoms with van der Waals surface area (Å²) >= 11 is 0. The summed E-state index contributed by atoms with van der Waals surface area (Å²) in [4.78, 5) is 12.1. The van der Waals surface area contributed by atoms with Crippen molar-refractivity contribution in [1.29, 1.82) is 0 Å². The van der Waals surface area contributed by atoms with Crippen molar-refractivity contribution in [1.82, 2.24) is 10.5 Å². The second-order valence-electron chi connectivity index (χ2n) is 4.81. The van der Waals surface area contributed by atoms with Crippen molar-refractivity contribution in [3.63, 3.8) is 0 Å². The molecule has 4 nitrogen and oxygen atoms in total. The fourth-order valence-corrected chi connectivity index (χ4v) is 2.43. The normalized spacial score (nSPS) is 13.9. The highest BCUT2D eigenvalue weighted by molar-refractivity contribution is 5.93. The van der Waals surface area contributed by atoms with Gasteiger partial charge in [0.15, 0.2) is 0 Å². The molecule has 0 spiro atoms. The fourth-order valence-electron chi connectivity index (χ4n) is 2.43. The molecular weight excluding hydrogens is 240 g/mol. The van der Waals surface area contributed by atoms with Crippen molar-refractivity contribution < 1.29 is 9.32 Å². The Bertz CT molecular complexity index is 575. The average Bonchev–Trinajstić information content (AvgIpc) is 2.90. The van der Waals surface area contributed by atoms with Crippen LogP contribution in [0.4, 0.5) is 0 Å². The van der Waals surface area contributed by atoms with Crippen molar-refractivity contribution >= 4 is 5.91 Å². The number of aryl methyl sites for hydroxylation is 1. The van der Waals surface area contributed by atoms with Crippen molar-refractivity contribution in [2.45, 2.75) is 32.2 Å². The van der Waals surface area contributed by atoms with E-state index in [1.54, 1.807) is 0 Å². The van der Waals surface area contributed by atoms with E-state index in [-0.39, 0.29) is 5.91 Å². The maximum Gasteiger partial charge on any atom is 0.290 e. The van der Waals surface area contributed by atoms with Crippen molar-refractivity contribution in [2.24, 2.45) is 0 Å². The second kappa shape index (κ2) is 5.26. The molecule has 1 N–H and O–H groups in total. The van der Waals surface area contributed by atoms with E-state index in [4.69, 9.17) is 4.52 Å². The van der Waals surface area contributed by atoms with Crippen LogP contribution in [0.1, 0.15) is 40.2 Å². The highest BCUT2D eigenvalue weighted by Gasteiger charge is 2.23. The van der Waals surface area contributed by atoms with Gasteiger partial charge in [-0.1, -0.05) is 35.5 Å². The lowest BCUT2D eigenvalue weighted by Gasteiger charge is -2.09. The molecule has 0 atom stereocenters. The Morgan fingerprint density at radius 2 is 2.00 bits per heavy atom. The first-order valence-electron chi connectivity index (χ1n) is 6.64. The Kier molecular flexibility index (Phi) is 3.31. The van der Waals surface area contributed by atoms with Gasteiger partial charge in [-0.25, -0.2) is 0 Å². The molecule has 1 amide bonds. The van der Waals surface area contributed by atoms with Crippen LogP contribution < -0.4 is 5.32 Å². The van der Waals surface area contributed by atoms with Gasteiger partial charge in [0, 0.05) is 12.1 Å². The number of fused-ring (bicyclic) bond motifs is 1. The molecule has 2 aromatic rings. The zero-order chi connectivity index (χ0) is 13.1. The molecule has 3 rings (SSSR count). The number of carbonyl (C=O) groups excluding carboxylic acids is 1. The molecule has 0 fully saturated rings. The molecule has 1 aliphatic rings. The predicted octanol–water partition coefficient (Wildman–Crippen LogP) is 2.48. The quantitative estimate of drug-likeness (QED) is 0.917. The molecule has 0 aliphatic heterocycles. The second-order valence-corrected chi connectivity index (χ2v) is 4.81. The van der Waals surface area contributed by atoms with E-state index in [1.807, 2.05) is 30.3 Å². The van der Waals surface area contributed by atoms with E-state index in [9.17, 15) is 4.79 Å². The highest BCUT2D eigenvalue weighted by Crippen LogP contribution is 2.23. The van der Waals surface area contributed by atoms with Gasteiger partial charge in [-0.05, 0) is 31.2 Å². The van der Waals surface area contributed by atoms with Crippen LogP contribution in [-0.2, 0) is 19.4 Å². The summed E-state index contributed by atoms with van der Waals surface area (Å²) in [5.41, 5.74) is 3.03. The molecule has 98 valence electrons. The summed E-state index contributed by atoms with van der Waals surface area (Å²) in [5, 5.41) is 6.88. The Balaban J connectivity index is 1.69. The first-order chi connectivity index (χ1) is 9.34. The van der Waals surface area contributed by atoms with Crippen molar-refractivity contribution in [2.75, 3.05) is 0 Å². The maximum atomic E-state index is 12.1. The third-order valence-electron chi connectivity index (χ3n) is 3.46. The number of hydrogen-bond donors (Lipinski definition) is 1. The SMILES string of the molecule is O=C(NCc1ccccc1)c1onc2c1CCCC2. The topological polar surface area (TPSA) is 55.1 Å². The molecule has 0 bridgehead atoms. The van der Waals surface area contributed by atoms with Gasteiger partial charge < -0.3 is 9.84 Å². The number of carbonyl (C=O) groups is 1. The minimum Gasteiger partial charge on any atom is -0.350 e. The Morgan fingerprint density at radius 1 is 1.21 bits per heavy atom. The van der Waals surface area contributed by atoms with Crippen LogP contribution in [0, 0.1) is 0 Å². The third kappa shape index (κ3) is 2.52. The van der Waals surface area contributed by atoms with Gasteiger partial charge in [0.25, 0.3) is 5.91 Å². The summed E-state index contributed by atoms with van der Waals surface area (Å²) < 4.78 is 5.21. The maximum absolute atomic E-state index is 12.1. The van der Waals surface area contributed by atoms with E-state index < -0.39 is 0 Å². The number of nitrogens with one attached hydrogen (secondary N) is 1. The van der Waals surface area contributed by atoms with E-state index in [2.05, 4.69) is 10.5 Å². The lowest BCUT2D eigenvalue weighted by molar-refractivity contribution is 0.0912. The first-order valence-corrected chi connectivity index (χ1v) is 6.64. The minimum atomic E-state index is -0.167. The van der Waals surface area contributed by atoms with E-state index in [0.717, 1.165) is 42.5 Å². The monoisotopic (exact) mass is 256 g/mol. The lowest BCUT2D eigenvalue weighted by atomic mass is 9.96. The van der Waals surface area contributed by atoms with Gasteiger partial charge in [0.05, 0.1) is 5.69 Å². The molecule has 0 saturated carbocycles.